The van der Waals surface area contributed by atoms with Crippen molar-refractivity contribution in [3.63, 3.8) is 0 Å². The van der Waals surface area contributed by atoms with Gasteiger partial charge in [0.1, 0.15) is 11.9 Å². The summed E-state index contributed by atoms with van der Waals surface area (Å²) < 4.78 is 6.09. The van der Waals surface area contributed by atoms with Crippen LogP contribution in [0.25, 0.3) is 22.4 Å². The molecule has 28 heavy (non-hydrogen) atoms. The maximum atomic E-state index is 10.4. The molecule has 0 radical (unpaired) electrons. The molecule has 0 aliphatic carbocycles. The molecule has 3 N–H and O–H groups in total. The fourth-order valence-electron chi connectivity index (χ4n) is 4.34. The van der Waals surface area contributed by atoms with Gasteiger partial charge in [-0.15, -0.1) is 10.2 Å². The van der Waals surface area contributed by atoms with Gasteiger partial charge in [0, 0.05) is 35.5 Å². The molecule has 144 valence electrons. The second kappa shape index (κ2) is 7.24. The Morgan fingerprint density at radius 1 is 1.00 bits per heavy atom. The molecule has 2 aliphatic rings. The molecule has 2 aliphatic heterocycles. The van der Waals surface area contributed by atoms with Crippen molar-refractivity contribution >= 4 is 0 Å². The van der Waals surface area contributed by atoms with Gasteiger partial charge in [0.2, 0.25) is 5.88 Å². The minimum absolute atomic E-state index is 0.160. The van der Waals surface area contributed by atoms with Gasteiger partial charge in [-0.25, -0.2) is 0 Å². The monoisotopic (exact) mass is 377 g/mol. The molecule has 2 aromatic heterocycles. The van der Waals surface area contributed by atoms with Crippen molar-refractivity contribution in [1.82, 2.24) is 25.7 Å². The van der Waals surface area contributed by atoms with Crippen LogP contribution in [0.5, 0.6) is 11.6 Å². The summed E-state index contributed by atoms with van der Waals surface area (Å²) in [4.78, 5) is 0. The van der Waals surface area contributed by atoms with Crippen molar-refractivity contribution < 1.29 is 9.84 Å². The fourth-order valence-corrected chi connectivity index (χ4v) is 4.34. The third kappa shape index (κ3) is 3.45. The second-order valence-electron chi connectivity index (χ2n) is 7.68. The number of rotatable bonds is 4. The predicted octanol–water partition coefficient (Wildman–Crippen LogP) is 3.29. The third-order valence-corrected chi connectivity index (χ3v) is 5.70. The lowest BCUT2D eigenvalue weighted by molar-refractivity contribution is 0.0881. The van der Waals surface area contributed by atoms with Gasteiger partial charge in [-0.3, -0.25) is 5.10 Å². The summed E-state index contributed by atoms with van der Waals surface area (Å²) in [5.74, 6) is 0.705. The smallest absolute Gasteiger partial charge is 0.233 e. The molecule has 7 nitrogen and oxygen atoms in total. The minimum Gasteiger partial charge on any atom is -0.507 e. The average molecular weight is 377 g/mol. The Balaban J connectivity index is 1.30. The highest BCUT2D eigenvalue weighted by Crippen LogP contribution is 2.33. The minimum atomic E-state index is 0.160. The van der Waals surface area contributed by atoms with Gasteiger partial charge < -0.3 is 15.2 Å². The first-order chi connectivity index (χ1) is 13.7. The molecule has 1 aromatic carbocycles. The second-order valence-corrected chi connectivity index (χ2v) is 7.68. The van der Waals surface area contributed by atoms with E-state index in [0.717, 1.165) is 24.0 Å². The van der Waals surface area contributed by atoms with Crippen LogP contribution in [0.1, 0.15) is 32.1 Å². The first-order valence-corrected chi connectivity index (χ1v) is 9.83. The number of aromatic nitrogens is 4. The number of piperidine rings is 2. The average Bonchev–Trinajstić information content (AvgIpc) is 3.23. The topological polar surface area (TPSA) is 96.0 Å². The van der Waals surface area contributed by atoms with Crippen molar-refractivity contribution in [1.29, 1.82) is 0 Å². The number of phenols is 1. The van der Waals surface area contributed by atoms with Crippen LogP contribution in [0.2, 0.25) is 0 Å². The molecule has 7 heteroatoms. The fraction of sp³-hybridized carbons (Fsp3) is 0.381. The summed E-state index contributed by atoms with van der Waals surface area (Å²) >= 11 is 0. The highest BCUT2D eigenvalue weighted by atomic mass is 16.5. The number of ether oxygens (including phenoxy) is 1. The molecule has 2 atom stereocenters. The summed E-state index contributed by atoms with van der Waals surface area (Å²) in [5, 5.41) is 29.3. The number of fused-ring (bicyclic) bond motifs is 2. The normalized spacial score (nSPS) is 24.1. The summed E-state index contributed by atoms with van der Waals surface area (Å²) in [7, 11) is 0. The largest absolute Gasteiger partial charge is 0.507 e. The number of phenolic OH excluding ortho intramolecular Hbond substituents is 1. The summed E-state index contributed by atoms with van der Waals surface area (Å²) in [6.45, 7) is 0. The number of hydrogen-bond donors (Lipinski definition) is 3. The molecule has 0 unspecified atom stereocenters. The molecule has 5 rings (SSSR count). The number of aromatic amines is 1. The van der Waals surface area contributed by atoms with Crippen molar-refractivity contribution in [3.8, 4) is 34.0 Å². The van der Waals surface area contributed by atoms with E-state index in [2.05, 4.69) is 25.7 Å². The van der Waals surface area contributed by atoms with Crippen LogP contribution < -0.4 is 10.1 Å². The van der Waals surface area contributed by atoms with E-state index in [-0.39, 0.29) is 11.9 Å². The number of nitrogens with zero attached hydrogens (tertiary/aromatic N) is 3. The molecule has 0 saturated carbocycles. The molecule has 0 amide bonds. The van der Waals surface area contributed by atoms with Crippen LogP contribution in [-0.4, -0.2) is 43.7 Å². The van der Waals surface area contributed by atoms with E-state index in [1.807, 2.05) is 24.3 Å². The van der Waals surface area contributed by atoms with Gasteiger partial charge >= 0.3 is 0 Å². The zero-order chi connectivity index (χ0) is 18.9. The molecular weight excluding hydrogens is 354 g/mol. The summed E-state index contributed by atoms with van der Waals surface area (Å²) in [6.07, 6.45) is 9.52. The van der Waals surface area contributed by atoms with Crippen LogP contribution >= 0.6 is 0 Å². The molecule has 4 heterocycles. The Labute approximate surface area is 163 Å². The highest BCUT2D eigenvalue weighted by molar-refractivity contribution is 5.73. The lowest BCUT2D eigenvalue weighted by atomic mass is 9.85. The zero-order valence-corrected chi connectivity index (χ0v) is 15.5. The maximum absolute atomic E-state index is 10.4. The van der Waals surface area contributed by atoms with Crippen LogP contribution in [0.4, 0.5) is 0 Å². The number of H-pyrrole nitrogens is 1. The Morgan fingerprint density at radius 2 is 1.86 bits per heavy atom. The molecule has 0 spiro atoms. The number of aromatic hydroxyl groups is 1. The Hall–Kier alpha value is -2.93. The SMILES string of the molecule is Oc1cc(-c2cn[nH]c2)ccc1-c1ccc(OC2C[C@@H]3CCC[C@@H](C2)N3)nn1. The van der Waals surface area contributed by atoms with Crippen molar-refractivity contribution in [2.24, 2.45) is 0 Å². The lowest BCUT2D eigenvalue weighted by Crippen LogP contribution is -2.51. The first-order valence-electron chi connectivity index (χ1n) is 9.83. The van der Waals surface area contributed by atoms with E-state index in [1.165, 1.54) is 19.3 Å². The van der Waals surface area contributed by atoms with Crippen molar-refractivity contribution in [2.75, 3.05) is 0 Å². The van der Waals surface area contributed by atoms with Gasteiger partial charge in [-0.1, -0.05) is 12.5 Å². The molecular formula is C21H23N5O2. The van der Waals surface area contributed by atoms with E-state index < -0.39 is 0 Å². The van der Waals surface area contributed by atoms with Crippen LogP contribution in [-0.2, 0) is 0 Å². The van der Waals surface area contributed by atoms with Crippen LogP contribution in [0.15, 0.2) is 42.7 Å². The first kappa shape index (κ1) is 17.2. The molecule has 2 fully saturated rings. The summed E-state index contributed by atoms with van der Waals surface area (Å²) in [6, 6.07) is 10.3. The Kier molecular flexibility index (Phi) is 4.44. The van der Waals surface area contributed by atoms with E-state index in [1.54, 1.807) is 18.5 Å². The van der Waals surface area contributed by atoms with Crippen LogP contribution in [0, 0.1) is 0 Å². The number of nitrogens with one attached hydrogen (secondary N) is 2. The van der Waals surface area contributed by atoms with Crippen molar-refractivity contribution in [3.05, 3.63) is 42.7 Å². The standard InChI is InChI=1S/C21H23N5O2/c27-20-8-13(14-11-22-23-12-14)4-5-18(20)19-6-7-21(26-25-19)28-17-9-15-2-1-3-16(10-17)24-15/h4-8,11-12,15-17,24,27H,1-3,9-10H2,(H,22,23)/t15-,16-/m0/s1. The van der Waals surface area contributed by atoms with E-state index in [9.17, 15) is 5.11 Å². The van der Waals surface area contributed by atoms with Gasteiger partial charge in [0.25, 0.3) is 0 Å². The van der Waals surface area contributed by atoms with Gasteiger partial charge in [0.05, 0.1) is 11.9 Å². The lowest BCUT2D eigenvalue weighted by Gasteiger charge is -2.39. The van der Waals surface area contributed by atoms with E-state index in [0.29, 0.717) is 29.2 Å². The Morgan fingerprint density at radius 3 is 2.54 bits per heavy atom. The molecule has 3 aromatic rings. The van der Waals surface area contributed by atoms with Gasteiger partial charge in [0.15, 0.2) is 0 Å². The Bertz CT molecular complexity index is 930. The van der Waals surface area contributed by atoms with E-state index in [4.69, 9.17) is 4.74 Å². The quantitative estimate of drug-likeness (QED) is 0.646. The van der Waals surface area contributed by atoms with Crippen molar-refractivity contribution in [2.45, 2.75) is 50.3 Å². The number of hydrogen-bond acceptors (Lipinski definition) is 6. The number of benzene rings is 1. The van der Waals surface area contributed by atoms with Crippen LogP contribution in [0.3, 0.4) is 0 Å². The molecule has 2 saturated heterocycles. The third-order valence-electron chi connectivity index (χ3n) is 5.70. The van der Waals surface area contributed by atoms with Gasteiger partial charge in [-0.2, -0.15) is 5.10 Å². The van der Waals surface area contributed by atoms with E-state index >= 15 is 0 Å². The summed E-state index contributed by atoms with van der Waals surface area (Å²) in [5.41, 5.74) is 3.07. The zero-order valence-electron chi connectivity index (χ0n) is 15.5. The molecule has 2 bridgehead atoms. The highest BCUT2D eigenvalue weighted by Gasteiger charge is 2.32. The maximum Gasteiger partial charge on any atom is 0.233 e. The predicted molar refractivity (Wildman–Crippen MR) is 105 cm³/mol. The van der Waals surface area contributed by atoms with Gasteiger partial charge in [-0.05, 0) is 49.4 Å².